The van der Waals surface area contributed by atoms with Crippen LogP contribution < -0.4 is 5.32 Å². The second-order valence-corrected chi connectivity index (χ2v) is 4.88. The van der Waals surface area contributed by atoms with Crippen molar-refractivity contribution in [1.82, 2.24) is 5.32 Å². The lowest BCUT2D eigenvalue weighted by Gasteiger charge is -2.10. The molecule has 1 atom stereocenters. The van der Waals surface area contributed by atoms with Crippen molar-refractivity contribution in [2.24, 2.45) is 0 Å². The van der Waals surface area contributed by atoms with E-state index in [4.69, 9.17) is 21.1 Å². The maximum Gasteiger partial charge on any atom is 0.335 e. The van der Waals surface area contributed by atoms with Crippen molar-refractivity contribution >= 4 is 23.5 Å². The van der Waals surface area contributed by atoms with Crippen LogP contribution in [0.4, 0.5) is 0 Å². The normalized spacial score (nSPS) is 17.8. The zero-order valence-electron chi connectivity index (χ0n) is 10.9. The maximum absolute atomic E-state index is 11.6. The van der Waals surface area contributed by atoms with Crippen molar-refractivity contribution < 1.29 is 19.1 Å². The Hall–Kier alpha value is -1.59. The van der Waals surface area contributed by atoms with Crippen LogP contribution in [0.25, 0.3) is 0 Å². The smallest absolute Gasteiger partial charge is 0.335 e. The molecule has 20 heavy (non-hydrogen) atoms. The molecule has 2 rings (SSSR count). The van der Waals surface area contributed by atoms with Gasteiger partial charge < -0.3 is 14.8 Å². The topological polar surface area (TPSA) is 64.6 Å². The van der Waals surface area contributed by atoms with Gasteiger partial charge in [0, 0.05) is 18.2 Å². The summed E-state index contributed by atoms with van der Waals surface area (Å²) in [5, 5.41) is 3.23. The Bertz CT molecular complexity index is 486. The van der Waals surface area contributed by atoms with Crippen molar-refractivity contribution in [1.29, 1.82) is 0 Å². The Kier molecular flexibility index (Phi) is 5.38. The molecule has 1 saturated heterocycles. The zero-order chi connectivity index (χ0) is 14.4. The molecule has 5 nitrogen and oxygen atoms in total. The van der Waals surface area contributed by atoms with E-state index in [9.17, 15) is 9.59 Å². The average molecular weight is 298 g/mol. The number of hydrogen-bond acceptors (Lipinski definition) is 4. The van der Waals surface area contributed by atoms with Gasteiger partial charge in [-0.15, -0.1) is 0 Å². The van der Waals surface area contributed by atoms with E-state index in [-0.39, 0.29) is 12.5 Å². The fourth-order valence-electron chi connectivity index (χ4n) is 1.88. The number of halogens is 1. The molecule has 1 heterocycles. The van der Waals surface area contributed by atoms with Crippen molar-refractivity contribution in [3.63, 3.8) is 0 Å². The van der Waals surface area contributed by atoms with E-state index in [0.717, 1.165) is 12.0 Å². The summed E-state index contributed by atoms with van der Waals surface area (Å²) in [6.45, 7) is 0.567. The second kappa shape index (κ2) is 7.26. The molecule has 1 aliphatic rings. The minimum absolute atomic E-state index is 0.302. The number of benzene rings is 1. The van der Waals surface area contributed by atoms with Crippen molar-refractivity contribution in [2.75, 3.05) is 13.2 Å². The highest BCUT2D eigenvalue weighted by Gasteiger charge is 2.25. The van der Waals surface area contributed by atoms with Gasteiger partial charge in [0.25, 0.3) is 5.91 Å². The average Bonchev–Trinajstić information content (AvgIpc) is 2.98. The summed E-state index contributed by atoms with van der Waals surface area (Å²) in [4.78, 5) is 23.1. The fraction of sp³-hybridized carbons (Fsp3) is 0.429. The fourth-order valence-corrected chi connectivity index (χ4v) is 2.08. The van der Waals surface area contributed by atoms with Crippen LogP contribution in [0.1, 0.15) is 18.4 Å². The number of ether oxygens (including phenoxy) is 2. The van der Waals surface area contributed by atoms with Gasteiger partial charge in [-0.05, 0) is 24.5 Å². The molecule has 1 aromatic rings. The highest BCUT2D eigenvalue weighted by atomic mass is 35.5. The van der Waals surface area contributed by atoms with E-state index >= 15 is 0 Å². The summed E-state index contributed by atoms with van der Waals surface area (Å²) in [5.74, 6) is -0.841. The molecule has 1 aliphatic heterocycles. The molecule has 0 saturated carbocycles. The molecule has 108 valence electrons. The van der Waals surface area contributed by atoms with Crippen LogP contribution in [-0.4, -0.2) is 31.2 Å². The maximum atomic E-state index is 11.6. The molecule has 6 heteroatoms. The van der Waals surface area contributed by atoms with Crippen molar-refractivity contribution in [2.45, 2.75) is 25.5 Å². The van der Waals surface area contributed by atoms with Gasteiger partial charge in [-0.25, -0.2) is 4.79 Å². The monoisotopic (exact) mass is 297 g/mol. The molecular weight excluding hydrogens is 282 g/mol. The first-order valence-corrected chi connectivity index (χ1v) is 6.83. The third kappa shape index (κ3) is 4.21. The Morgan fingerprint density at radius 2 is 2.20 bits per heavy atom. The van der Waals surface area contributed by atoms with Crippen LogP contribution in [0.15, 0.2) is 24.3 Å². The van der Waals surface area contributed by atoms with Gasteiger partial charge in [0.1, 0.15) is 0 Å². The molecule has 1 amide bonds. The number of carbonyl (C=O) groups excluding carboxylic acids is 2. The summed E-state index contributed by atoms with van der Waals surface area (Å²) in [6.07, 6.45) is 0.977. The number of rotatable bonds is 5. The zero-order valence-corrected chi connectivity index (χ0v) is 11.7. The van der Waals surface area contributed by atoms with Gasteiger partial charge >= 0.3 is 5.97 Å². The van der Waals surface area contributed by atoms with Crippen LogP contribution in [0.3, 0.4) is 0 Å². The number of nitrogens with one attached hydrogen (secondary N) is 1. The Morgan fingerprint density at radius 1 is 1.40 bits per heavy atom. The highest BCUT2D eigenvalue weighted by molar-refractivity contribution is 6.31. The summed E-state index contributed by atoms with van der Waals surface area (Å²) < 4.78 is 10.1. The summed E-state index contributed by atoms with van der Waals surface area (Å²) >= 11 is 5.97. The first-order chi connectivity index (χ1) is 9.66. The number of esters is 1. The van der Waals surface area contributed by atoms with Crippen LogP contribution >= 0.6 is 11.6 Å². The second-order valence-electron chi connectivity index (χ2n) is 4.48. The van der Waals surface area contributed by atoms with Crippen molar-refractivity contribution in [3.8, 4) is 0 Å². The van der Waals surface area contributed by atoms with Gasteiger partial charge in [0.2, 0.25) is 0 Å². The van der Waals surface area contributed by atoms with Crippen LogP contribution in [0.5, 0.6) is 0 Å². The number of carbonyl (C=O) groups is 2. The van der Waals surface area contributed by atoms with Gasteiger partial charge in [0.15, 0.2) is 12.7 Å². The number of amides is 1. The van der Waals surface area contributed by atoms with E-state index in [1.54, 1.807) is 6.07 Å². The quantitative estimate of drug-likeness (QED) is 0.840. The SMILES string of the molecule is O=C(COC(=O)C1CCCO1)NCc1ccccc1Cl. The van der Waals surface area contributed by atoms with Crippen LogP contribution in [-0.2, 0) is 25.6 Å². The number of hydrogen-bond donors (Lipinski definition) is 1. The lowest BCUT2D eigenvalue weighted by molar-refractivity contribution is -0.157. The van der Waals surface area contributed by atoms with E-state index in [2.05, 4.69) is 5.32 Å². The summed E-state index contributed by atoms with van der Waals surface area (Å²) in [5.41, 5.74) is 0.813. The predicted molar refractivity (Wildman–Crippen MR) is 73.2 cm³/mol. The first-order valence-electron chi connectivity index (χ1n) is 6.45. The Labute approximate surface area is 122 Å². The van der Waals surface area contributed by atoms with Gasteiger partial charge in [-0.1, -0.05) is 29.8 Å². The van der Waals surface area contributed by atoms with Gasteiger partial charge in [-0.2, -0.15) is 0 Å². The molecule has 0 radical (unpaired) electrons. The molecular formula is C14H16ClNO4. The molecule has 0 bridgehead atoms. The molecule has 0 spiro atoms. The third-order valence-corrected chi connectivity index (χ3v) is 3.34. The van der Waals surface area contributed by atoms with Gasteiger partial charge in [-0.3, -0.25) is 4.79 Å². The van der Waals surface area contributed by atoms with E-state index in [0.29, 0.717) is 24.6 Å². The largest absolute Gasteiger partial charge is 0.454 e. The molecule has 1 unspecified atom stereocenters. The third-order valence-electron chi connectivity index (χ3n) is 2.97. The summed E-state index contributed by atoms with van der Waals surface area (Å²) in [7, 11) is 0. The first kappa shape index (κ1) is 14.8. The minimum atomic E-state index is -0.522. The predicted octanol–water partition coefficient (Wildman–Crippen LogP) is 1.68. The van der Waals surface area contributed by atoms with E-state index in [1.807, 2.05) is 18.2 Å². The van der Waals surface area contributed by atoms with E-state index in [1.165, 1.54) is 0 Å². The minimum Gasteiger partial charge on any atom is -0.454 e. The molecule has 1 aromatic carbocycles. The lowest BCUT2D eigenvalue weighted by Crippen LogP contribution is -2.31. The standard InChI is InChI=1S/C14H16ClNO4/c15-11-5-2-1-4-10(11)8-16-13(17)9-20-14(18)12-6-3-7-19-12/h1-2,4-5,12H,3,6-9H2,(H,16,17). The molecule has 1 fully saturated rings. The van der Waals surface area contributed by atoms with Crippen LogP contribution in [0.2, 0.25) is 5.02 Å². The highest BCUT2D eigenvalue weighted by Crippen LogP contribution is 2.14. The van der Waals surface area contributed by atoms with Gasteiger partial charge in [0.05, 0.1) is 0 Å². The summed E-state index contributed by atoms with van der Waals surface area (Å²) in [6, 6.07) is 7.23. The lowest BCUT2D eigenvalue weighted by atomic mass is 10.2. The Morgan fingerprint density at radius 3 is 2.90 bits per heavy atom. The van der Waals surface area contributed by atoms with Crippen LogP contribution in [0, 0.1) is 0 Å². The van der Waals surface area contributed by atoms with Crippen molar-refractivity contribution in [3.05, 3.63) is 34.9 Å². The molecule has 0 aromatic heterocycles. The molecule has 1 N–H and O–H groups in total. The molecule has 0 aliphatic carbocycles. The Balaban J connectivity index is 1.70. The van der Waals surface area contributed by atoms with E-state index < -0.39 is 12.1 Å².